The Labute approximate surface area is 79.4 Å². The monoisotopic (exact) mass is 186 g/mol. The maximum atomic E-state index is 10.3. The van der Waals surface area contributed by atoms with Gasteiger partial charge in [0.1, 0.15) is 6.29 Å². The van der Waals surface area contributed by atoms with Crippen molar-refractivity contribution in [2.45, 2.75) is 45.5 Å². The molecule has 0 aliphatic carbocycles. The second-order valence-electron chi connectivity index (χ2n) is 4.07. The third-order valence-electron chi connectivity index (χ3n) is 2.39. The van der Waals surface area contributed by atoms with Gasteiger partial charge in [-0.15, -0.1) is 0 Å². The molecule has 0 saturated carbocycles. The minimum atomic E-state index is -0.486. The van der Waals surface area contributed by atoms with Crippen molar-refractivity contribution in [1.82, 2.24) is 0 Å². The van der Waals surface area contributed by atoms with Gasteiger partial charge in [-0.3, -0.25) is 0 Å². The van der Waals surface area contributed by atoms with Crippen LogP contribution in [0.15, 0.2) is 0 Å². The van der Waals surface area contributed by atoms with Crippen LogP contribution in [0.1, 0.15) is 33.6 Å². The van der Waals surface area contributed by atoms with Gasteiger partial charge in [0.15, 0.2) is 5.79 Å². The molecule has 0 spiro atoms. The molecule has 0 aromatic rings. The van der Waals surface area contributed by atoms with Crippen molar-refractivity contribution in [3.8, 4) is 0 Å². The van der Waals surface area contributed by atoms with Crippen molar-refractivity contribution >= 4 is 6.29 Å². The molecule has 0 aromatic carbocycles. The summed E-state index contributed by atoms with van der Waals surface area (Å²) in [6.45, 7) is 6.58. The van der Waals surface area contributed by atoms with Crippen LogP contribution >= 0.6 is 0 Å². The summed E-state index contributed by atoms with van der Waals surface area (Å²) in [5.41, 5.74) is 0. The third-order valence-corrected chi connectivity index (χ3v) is 2.39. The van der Waals surface area contributed by atoms with Crippen LogP contribution in [0.5, 0.6) is 0 Å². The van der Waals surface area contributed by atoms with Crippen molar-refractivity contribution < 1.29 is 14.3 Å². The second kappa shape index (κ2) is 4.20. The van der Waals surface area contributed by atoms with Crippen molar-refractivity contribution in [1.29, 1.82) is 0 Å². The molecule has 0 amide bonds. The smallest absolute Gasteiger partial charge is 0.163 e. The van der Waals surface area contributed by atoms with Gasteiger partial charge in [0.25, 0.3) is 0 Å². The Bertz CT molecular complexity index is 177. The van der Waals surface area contributed by atoms with Crippen LogP contribution in [0.2, 0.25) is 0 Å². The van der Waals surface area contributed by atoms with Crippen LogP contribution in [-0.4, -0.2) is 24.8 Å². The SMILES string of the molecule is C[C@@H](CC=O)[C@H]1CCOC(C)(C)O1. The van der Waals surface area contributed by atoms with Gasteiger partial charge >= 0.3 is 0 Å². The van der Waals surface area contributed by atoms with E-state index in [-0.39, 0.29) is 6.10 Å². The first-order valence-electron chi connectivity index (χ1n) is 4.80. The molecule has 1 heterocycles. The van der Waals surface area contributed by atoms with Crippen LogP contribution in [0.4, 0.5) is 0 Å². The van der Waals surface area contributed by atoms with Crippen LogP contribution in [0.25, 0.3) is 0 Å². The highest BCUT2D eigenvalue weighted by atomic mass is 16.7. The summed E-state index contributed by atoms with van der Waals surface area (Å²) in [7, 11) is 0. The molecule has 1 saturated heterocycles. The van der Waals surface area contributed by atoms with Crippen LogP contribution < -0.4 is 0 Å². The third kappa shape index (κ3) is 3.08. The highest BCUT2D eigenvalue weighted by Crippen LogP contribution is 2.27. The molecule has 2 atom stereocenters. The fraction of sp³-hybridized carbons (Fsp3) is 0.900. The molecular formula is C10H18O3. The van der Waals surface area contributed by atoms with Crippen molar-refractivity contribution in [3.63, 3.8) is 0 Å². The Morgan fingerprint density at radius 1 is 1.62 bits per heavy atom. The van der Waals surface area contributed by atoms with Gasteiger partial charge in [0.05, 0.1) is 12.7 Å². The summed E-state index contributed by atoms with van der Waals surface area (Å²) in [5, 5.41) is 0. The van der Waals surface area contributed by atoms with Gasteiger partial charge in [-0.2, -0.15) is 0 Å². The van der Waals surface area contributed by atoms with E-state index in [2.05, 4.69) is 0 Å². The van der Waals surface area contributed by atoms with Crippen molar-refractivity contribution in [2.75, 3.05) is 6.61 Å². The number of hydrogen-bond donors (Lipinski definition) is 0. The van der Waals surface area contributed by atoms with Crippen molar-refractivity contribution in [3.05, 3.63) is 0 Å². The zero-order valence-electron chi connectivity index (χ0n) is 8.58. The molecule has 1 fully saturated rings. The summed E-state index contributed by atoms with van der Waals surface area (Å²) < 4.78 is 11.1. The Kier molecular flexibility index (Phi) is 3.45. The minimum Gasteiger partial charge on any atom is -0.350 e. The molecule has 0 unspecified atom stereocenters. The molecule has 1 aliphatic heterocycles. The Morgan fingerprint density at radius 3 is 2.85 bits per heavy atom. The fourth-order valence-electron chi connectivity index (χ4n) is 1.58. The van der Waals surface area contributed by atoms with E-state index in [4.69, 9.17) is 9.47 Å². The average molecular weight is 186 g/mol. The van der Waals surface area contributed by atoms with E-state index >= 15 is 0 Å². The van der Waals surface area contributed by atoms with E-state index in [9.17, 15) is 4.79 Å². The maximum absolute atomic E-state index is 10.3. The van der Waals surface area contributed by atoms with E-state index in [1.165, 1.54) is 0 Å². The number of carbonyl (C=O) groups is 1. The minimum absolute atomic E-state index is 0.161. The number of rotatable bonds is 3. The predicted octanol–water partition coefficient (Wildman–Crippen LogP) is 1.75. The molecule has 0 bridgehead atoms. The van der Waals surface area contributed by atoms with Gasteiger partial charge in [-0.05, 0) is 26.2 Å². The topological polar surface area (TPSA) is 35.5 Å². The Morgan fingerprint density at radius 2 is 2.31 bits per heavy atom. The molecule has 3 nitrogen and oxygen atoms in total. The maximum Gasteiger partial charge on any atom is 0.163 e. The van der Waals surface area contributed by atoms with E-state index < -0.39 is 5.79 Å². The molecule has 1 rings (SSSR count). The van der Waals surface area contributed by atoms with Crippen LogP contribution in [0, 0.1) is 5.92 Å². The molecule has 3 heteroatoms. The molecule has 13 heavy (non-hydrogen) atoms. The lowest BCUT2D eigenvalue weighted by Crippen LogP contribution is -2.42. The zero-order valence-corrected chi connectivity index (χ0v) is 8.58. The normalized spacial score (nSPS) is 29.6. The molecule has 0 radical (unpaired) electrons. The van der Waals surface area contributed by atoms with Crippen LogP contribution in [-0.2, 0) is 14.3 Å². The first-order chi connectivity index (χ1) is 6.05. The van der Waals surface area contributed by atoms with Gasteiger partial charge in [0.2, 0.25) is 0 Å². The van der Waals surface area contributed by atoms with Gasteiger partial charge in [-0.1, -0.05) is 6.92 Å². The molecule has 76 valence electrons. The highest BCUT2D eigenvalue weighted by Gasteiger charge is 2.31. The Balaban J connectivity index is 2.46. The molecule has 0 N–H and O–H groups in total. The summed E-state index contributed by atoms with van der Waals surface area (Å²) in [6.07, 6.45) is 2.57. The van der Waals surface area contributed by atoms with Crippen LogP contribution in [0.3, 0.4) is 0 Å². The average Bonchev–Trinajstić information content (AvgIpc) is 2.03. The lowest BCUT2D eigenvalue weighted by atomic mass is 9.98. The number of ether oxygens (including phenoxy) is 2. The first kappa shape index (κ1) is 10.7. The van der Waals surface area contributed by atoms with Gasteiger partial charge in [0, 0.05) is 6.42 Å². The largest absolute Gasteiger partial charge is 0.350 e. The van der Waals surface area contributed by atoms with E-state index in [0.29, 0.717) is 12.3 Å². The summed E-state index contributed by atoms with van der Waals surface area (Å²) in [4.78, 5) is 10.3. The molecular weight excluding hydrogens is 168 g/mol. The predicted molar refractivity (Wildman–Crippen MR) is 49.4 cm³/mol. The van der Waals surface area contributed by atoms with Gasteiger partial charge in [-0.25, -0.2) is 0 Å². The Hall–Kier alpha value is -0.410. The summed E-state index contributed by atoms with van der Waals surface area (Å²) in [6, 6.07) is 0. The van der Waals surface area contributed by atoms with Crippen molar-refractivity contribution in [2.24, 2.45) is 5.92 Å². The fourth-order valence-corrected chi connectivity index (χ4v) is 1.58. The summed E-state index contributed by atoms with van der Waals surface area (Å²) >= 11 is 0. The number of hydrogen-bond acceptors (Lipinski definition) is 3. The van der Waals surface area contributed by atoms with Gasteiger partial charge < -0.3 is 14.3 Å². The molecule has 0 aromatic heterocycles. The number of carbonyl (C=O) groups excluding carboxylic acids is 1. The summed E-state index contributed by atoms with van der Waals surface area (Å²) in [5.74, 6) is -0.194. The second-order valence-corrected chi connectivity index (χ2v) is 4.07. The lowest BCUT2D eigenvalue weighted by molar-refractivity contribution is -0.281. The molecule has 1 aliphatic rings. The number of aldehydes is 1. The quantitative estimate of drug-likeness (QED) is 0.630. The lowest BCUT2D eigenvalue weighted by Gasteiger charge is -2.38. The highest BCUT2D eigenvalue weighted by molar-refractivity contribution is 5.49. The first-order valence-corrected chi connectivity index (χ1v) is 4.80. The van der Waals surface area contributed by atoms with E-state index in [1.807, 2.05) is 20.8 Å². The van der Waals surface area contributed by atoms with E-state index in [0.717, 1.165) is 19.3 Å². The standard InChI is InChI=1S/C10H18O3/c1-8(4-6-11)9-5-7-12-10(2,3)13-9/h6,8-9H,4-5,7H2,1-3H3/t8-,9+/m0/s1. The van der Waals surface area contributed by atoms with E-state index in [1.54, 1.807) is 0 Å². The zero-order chi connectivity index (χ0) is 9.90.